The Labute approximate surface area is 148 Å². The number of para-hydroxylation sites is 4. The number of thioether (sulfide) groups is 1. The van der Waals surface area contributed by atoms with Crippen LogP contribution in [0.5, 0.6) is 5.75 Å². The molecular formula is C17H16N6OS. The fourth-order valence-corrected chi connectivity index (χ4v) is 3.55. The molecule has 0 aliphatic carbocycles. The number of hydrogen-bond donors (Lipinski definition) is 0. The first kappa shape index (κ1) is 15.6. The molecule has 4 aromatic rings. The van der Waals surface area contributed by atoms with Crippen molar-refractivity contribution < 1.29 is 4.74 Å². The summed E-state index contributed by atoms with van der Waals surface area (Å²) in [5, 5.41) is 12.7. The van der Waals surface area contributed by atoms with Crippen molar-refractivity contribution in [3.63, 3.8) is 0 Å². The molecule has 0 amide bonds. The van der Waals surface area contributed by atoms with E-state index in [1.807, 2.05) is 49.5 Å². The number of fused-ring (bicyclic) bond motifs is 1. The predicted octanol–water partition coefficient (Wildman–Crippen LogP) is 2.85. The van der Waals surface area contributed by atoms with Gasteiger partial charge in [0.25, 0.3) is 0 Å². The lowest BCUT2D eigenvalue weighted by molar-refractivity contribution is 0.410. The fraction of sp³-hybridized carbons (Fsp3) is 0.176. The van der Waals surface area contributed by atoms with E-state index in [0.717, 1.165) is 28.3 Å². The Bertz CT molecular complexity index is 1020. The Morgan fingerprint density at radius 1 is 1.08 bits per heavy atom. The molecule has 8 heteroatoms. The number of rotatable bonds is 5. The van der Waals surface area contributed by atoms with Crippen LogP contribution in [-0.4, -0.2) is 36.9 Å². The van der Waals surface area contributed by atoms with Crippen molar-refractivity contribution in [1.29, 1.82) is 0 Å². The van der Waals surface area contributed by atoms with Crippen LogP contribution in [-0.2, 0) is 12.8 Å². The van der Waals surface area contributed by atoms with Crippen LogP contribution in [0, 0.1) is 0 Å². The van der Waals surface area contributed by atoms with E-state index in [0.29, 0.717) is 10.9 Å². The van der Waals surface area contributed by atoms with E-state index in [4.69, 9.17) is 4.74 Å². The van der Waals surface area contributed by atoms with Crippen molar-refractivity contribution in [2.45, 2.75) is 10.9 Å². The van der Waals surface area contributed by atoms with Gasteiger partial charge in [-0.3, -0.25) is 0 Å². The molecule has 4 rings (SSSR count). The van der Waals surface area contributed by atoms with Crippen molar-refractivity contribution in [3.8, 4) is 11.4 Å². The molecule has 2 aromatic heterocycles. The zero-order valence-electron chi connectivity index (χ0n) is 13.8. The normalized spacial score (nSPS) is 11.1. The molecule has 2 heterocycles. The third-order valence-electron chi connectivity index (χ3n) is 3.96. The first-order chi connectivity index (χ1) is 12.3. The maximum absolute atomic E-state index is 5.40. The lowest BCUT2D eigenvalue weighted by atomic mass is 10.3. The minimum absolute atomic E-state index is 0.667. The van der Waals surface area contributed by atoms with E-state index in [1.165, 1.54) is 11.8 Å². The molecule has 126 valence electrons. The second-order valence-corrected chi connectivity index (χ2v) is 6.35. The van der Waals surface area contributed by atoms with Crippen LogP contribution in [0.2, 0.25) is 0 Å². The first-order valence-electron chi connectivity index (χ1n) is 7.73. The van der Waals surface area contributed by atoms with Crippen LogP contribution in [0.1, 0.15) is 5.82 Å². The minimum atomic E-state index is 0.667. The summed E-state index contributed by atoms with van der Waals surface area (Å²) < 4.78 is 9.19. The molecule has 0 fully saturated rings. The van der Waals surface area contributed by atoms with Gasteiger partial charge in [0.05, 0.1) is 23.9 Å². The molecule has 0 saturated carbocycles. The average molecular weight is 352 g/mol. The van der Waals surface area contributed by atoms with Gasteiger partial charge < -0.3 is 9.30 Å². The van der Waals surface area contributed by atoms with E-state index < -0.39 is 0 Å². The quantitative estimate of drug-likeness (QED) is 0.514. The highest BCUT2D eigenvalue weighted by molar-refractivity contribution is 7.98. The third kappa shape index (κ3) is 2.85. The van der Waals surface area contributed by atoms with Gasteiger partial charge in [0.1, 0.15) is 17.3 Å². The monoisotopic (exact) mass is 352 g/mol. The number of benzene rings is 2. The van der Waals surface area contributed by atoms with E-state index in [-0.39, 0.29) is 0 Å². The summed E-state index contributed by atoms with van der Waals surface area (Å²) in [7, 11) is 3.66. The van der Waals surface area contributed by atoms with Crippen molar-refractivity contribution in [2.24, 2.45) is 7.05 Å². The van der Waals surface area contributed by atoms with E-state index in [9.17, 15) is 0 Å². The van der Waals surface area contributed by atoms with Gasteiger partial charge in [-0.1, -0.05) is 36.0 Å². The molecule has 0 spiro atoms. The number of tetrazole rings is 1. The molecule has 25 heavy (non-hydrogen) atoms. The first-order valence-corrected chi connectivity index (χ1v) is 8.71. The second kappa shape index (κ2) is 6.56. The van der Waals surface area contributed by atoms with Gasteiger partial charge in [-0.05, 0) is 34.7 Å². The van der Waals surface area contributed by atoms with Gasteiger partial charge in [0.2, 0.25) is 5.16 Å². The number of hydrogen-bond acceptors (Lipinski definition) is 6. The van der Waals surface area contributed by atoms with Gasteiger partial charge in [-0.2, -0.15) is 4.68 Å². The van der Waals surface area contributed by atoms with Crippen molar-refractivity contribution in [1.82, 2.24) is 29.8 Å². The van der Waals surface area contributed by atoms with Crippen LogP contribution in [0.4, 0.5) is 0 Å². The van der Waals surface area contributed by atoms with Crippen LogP contribution in [0.15, 0.2) is 53.7 Å². The van der Waals surface area contributed by atoms with Crippen molar-refractivity contribution in [2.75, 3.05) is 7.11 Å². The summed E-state index contributed by atoms with van der Waals surface area (Å²) in [6.07, 6.45) is 0. The zero-order chi connectivity index (χ0) is 17.2. The van der Waals surface area contributed by atoms with Crippen LogP contribution < -0.4 is 4.74 Å². The molecule has 0 aliphatic rings. The molecule has 0 N–H and O–H groups in total. The Balaban J connectivity index is 1.62. The highest BCUT2D eigenvalue weighted by atomic mass is 32.2. The predicted molar refractivity (Wildman–Crippen MR) is 96.0 cm³/mol. The van der Waals surface area contributed by atoms with Gasteiger partial charge in [-0.25, -0.2) is 4.98 Å². The maximum Gasteiger partial charge on any atom is 0.214 e. The zero-order valence-corrected chi connectivity index (χ0v) is 14.6. The Morgan fingerprint density at radius 3 is 2.72 bits per heavy atom. The van der Waals surface area contributed by atoms with Crippen molar-refractivity contribution >= 4 is 22.8 Å². The second-order valence-electron chi connectivity index (χ2n) is 5.41. The maximum atomic E-state index is 5.40. The summed E-state index contributed by atoms with van der Waals surface area (Å²) >= 11 is 1.54. The summed E-state index contributed by atoms with van der Waals surface area (Å²) in [6, 6.07) is 15.7. The number of aromatic nitrogens is 6. The van der Waals surface area contributed by atoms with Crippen LogP contribution in [0.3, 0.4) is 0 Å². The fourth-order valence-electron chi connectivity index (χ4n) is 2.68. The molecule has 0 saturated heterocycles. The standard InChI is InChI=1S/C17H16N6OS/c1-22-13-8-4-3-7-12(13)18-16(22)11-25-17-19-20-21-23(17)14-9-5-6-10-15(14)24-2/h3-10H,11H2,1-2H3. The van der Waals surface area contributed by atoms with Crippen LogP contribution >= 0.6 is 11.8 Å². The highest BCUT2D eigenvalue weighted by Crippen LogP contribution is 2.27. The molecule has 0 radical (unpaired) electrons. The summed E-state index contributed by atoms with van der Waals surface area (Å²) in [6.45, 7) is 0. The molecule has 7 nitrogen and oxygen atoms in total. The molecular weight excluding hydrogens is 336 g/mol. The molecule has 2 aromatic carbocycles. The smallest absolute Gasteiger partial charge is 0.214 e. The SMILES string of the molecule is COc1ccccc1-n1nnnc1SCc1nc2ccccc2n1C. The lowest BCUT2D eigenvalue weighted by Crippen LogP contribution is -2.02. The van der Waals surface area contributed by atoms with Gasteiger partial charge in [0.15, 0.2) is 0 Å². The average Bonchev–Trinajstić information content (AvgIpc) is 3.25. The number of methoxy groups -OCH3 is 1. The van der Waals surface area contributed by atoms with Gasteiger partial charge in [0, 0.05) is 7.05 Å². The Morgan fingerprint density at radius 2 is 1.88 bits per heavy atom. The number of ether oxygens (including phenoxy) is 1. The van der Waals surface area contributed by atoms with Crippen molar-refractivity contribution in [3.05, 3.63) is 54.4 Å². The number of aryl methyl sites for hydroxylation is 1. The molecule has 0 aliphatic heterocycles. The Hall–Kier alpha value is -2.87. The molecule has 0 unspecified atom stereocenters. The largest absolute Gasteiger partial charge is 0.494 e. The summed E-state index contributed by atoms with van der Waals surface area (Å²) in [5.41, 5.74) is 2.91. The van der Waals surface area contributed by atoms with Crippen LogP contribution in [0.25, 0.3) is 16.7 Å². The van der Waals surface area contributed by atoms with E-state index >= 15 is 0 Å². The van der Waals surface area contributed by atoms with Gasteiger partial charge in [-0.15, -0.1) is 5.10 Å². The van der Waals surface area contributed by atoms with E-state index in [2.05, 4.69) is 31.1 Å². The summed E-state index contributed by atoms with van der Waals surface area (Å²) in [5.74, 6) is 2.36. The summed E-state index contributed by atoms with van der Waals surface area (Å²) in [4.78, 5) is 4.69. The Kier molecular flexibility index (Phi) is 4.10. The molecule has 0 atom stereocenters. The van der Waals surface area contributed by atoms with E-state index in [1.54, 1.807) is 11.8 Å². The number of nitrogens with zero attached hydrogens (tertiary/aromatic N) is 6. The highest BCUT2D eigenvalue weighted by Gasteiger charge is 2.15. The topological polar surface area (TPSA) is 70.7 Å². The minimum Gasteiger partial charge on any atom is -0.494 e. The molecule has 0 bridgehead atoms. The van der Waals surface area contributed by atoms with Gasteiger partial charge >= 0.3 is 0 Å². The number of imidazole rings is 1. The third-order valence-corrected chi connectivity index (χ3v) is 4.88. The lowest BCUT2D eigenvalue weighted by Gasteiger charge is -2.08.